The zero-order valence-corrected chi connectivity index (χ0v) is 17.9. The predicted molar refractivity (Wildman–Crippen MR) is 114 cm³/mol. The van der Waals surface area contributed by atoms with Gasteiger partial charge < -0.3 is 5.32 Å². The number of aromatic nitrogens is 5. The van der Waals surface area contributed by atoms with Crippen molar-refractivity contribution in [2.24, 2.45) is 0 Å². The molecule has 172 valence electrons. The molecule has 0 unspecified atom stereocenters. The first-order valence-electron chi connectivity index (χ1n) is 9.72. The van der Waals surface area contributed by atoms with Crippen LogP contribution in [0.1, 0.15) is 35.4 Å². The van der Waals surface area contributed by atoms with Gasteiger partial charge in [0.05, 0.1) is 29.5 Å². The summed E-state index contributed by atoms with van der Waals surface area (Å²) in [7, 11) is 0. The summed E-state index contributed by atoms with van der Waals surface area (Å²) in [6.45, 7) is 1.50. The first-order chi connectivity index (χ1) is 15.7. The monoisotopic (exact) mass is 480 g/mol. The minimum absolute atomic E-state index is 0.0435. The second-order valence-corrected chi connectivity index (χ2v) is 7.72. The Balaban J connectivity index is 1.52. The molecule has 0 bridgehead atoms. The number of halogens is 5. The molecule has 0 fully saturated rings. The van der Waals surface area contributed by atoms with Gasteiger partial charge in [-0.05, 0) is 30.7 Å². The highest BCUT2D eigenvalue weighted by atomic mass is 35.5. The third kappa shape index (κ3) is 4.98. The van der Waals surface area contributed by atoms with Gasteiger partial charge in [0.25, 0.3) is 12.9 Å². The summed E-state index contributed by atoms with van der Waals surface area (Å²) in [5.41, 5.74) is -0.0802. The Kier molecular flexibility index (Phi) is 6.32. The molecule has 0 radical (unpaired) electrons. The Labute approximate surface area is 190 Å². The van der Waals surface area contributed by atoms with E-state index in [2.05, 4.69) is 20.5 Å². The maximum atomic E-state index is 13.5. The molecule has 0 spiro atoms. The smallest absolute Gasteiger partial charge is 0.280 e. The predicted octanol–water partition coefficient (Wildman–Crippen LogP) is 5.15. The molecule has 7 nitrogen and oxygen atoms in total. The van der Waals surface area contributed by atoms with Gasteiger partial charge in [-0.15, -0.1) is 0 Å². The fourth-order valence-electron chi connectivity index (χ4n) is 3.43. The number of nitrogens with zero attached hydrogens (tertiary/aromatic N) is 5. The van der Waals surface area contributed by atoms with E-state index < -0.39 is 36.6 Å². The molecular weight excluding hydrogens is 464 g/mol. The lowest BCUT2D eigenvalue weighted by molar-refractivity contribution is -0.116. The molecule has 1 amide bonds. The van der Waals surface area contributed by atoms with Gasteiger partial charge >= 0.3 is 0 Å². The highest BCUT2D eigenvalue weighted by Crippen LogP contribution is 2.32. The number of carbonyl (C=O) groups is 1. The van der Waals surface area contributed by atoms with Crippen LogP contribution in [0.5, 0.6) is 0 Å². The first-order valence-corrected chi connectivity index (χ1v) is 10.1. The van der Waals surface area contributed by atoms with Crippen LogP contribution >= 0.6 is 11.6 Å². The Morgan fingerprint density at radius 3 is 2.55 bits per heavy atom. The molecule has 1 N–H and O–H groups in total. The maximum absolute atomic E-state index is 13.5. The second-order valence-electron chi connectivity index (χ2n) is 7.28. The van der Waals surface area contributed by atoms with Crippen LogP contribution in [0.15, 0.2) is 42.7 Å². The number of hydrogen-bond acceptors (Lipinski definition) is 4. The number of hydrogen-bond donors (Lipinski definition) is 1. The zero-order valence-electron chi connectivity index (χ0n) is 17.1. The number of carbonyl (C=O) groups excluding carboxylic acids is 1. The summed E-state index contributed by atoms with van der Waals surface area (Å²) in [5.74, 6) is -0.548. The topological polar surface area (TPSA) is 77.6 Å². The van der Waals surface area contributed by atoms with E-state index >= 15 is 0 Å². The Hall–Kier alpha value is -3.47. The second kappa shape index (κ2) is 9.18. The van der Waals surface area contributed by atoms with Crippen molar-refractivity contribution in [3.8, 4) is 0 Å². The number of nitrogens with one attached hydrogen (secondary N) is 1. The lowest BCUT2D eigenvalue weighted by Gasteiger charge is -2.08. The van der Waals surface area contributed by atoms with E-state index in [9.17, 15) is 22.4 Å². The molecule has 3 heterocycles. The summed E-state index contributed by atoms with van der Waals surface area (Å²) in [6, 6.07) is 7.88. The van der Waals surface area contributed by atoms with Gasteiger partial charge in [-0.1, -0.05) is 23.7 Å². The molecule has 0 aliphatic carbocycles. The summed E-state index contributed by atoms with van der Waals surface area (Å²) < 4.78 is 55.9. The number of fused-ring (bicyclic) bond motifs is 1. The van der Waals surface area contributed by atoms with Crippen LogP contribution in [0, 0.1) is 6.92 Å². The van der Waals surface area contributed by atoms with Crippen LogP contribution in [0.3, 0.4) is 0 Å². The van der Waals surface area contributed by atoms with Crippen molar-refractivity contribution in [3.63, 3.8) is 0 Å². The van der Waals surface area contributed by atoms with E-state index in [1.54, 1.807) is 23.0 Å². The van der Waals surface area contributed by atoms with Gasteiger partial charge in [0, 0.05) is 16.8 Å². The minimum Gasteiger partial charge on any atom is -0.322 e. The Bertz CT molecular complexity index is 1300. The van der Waals surface area contributed by atoms with Crippen molar-refractivity contribution < 1.29 is 22.4 Å². The van der Waals surface area contributed by atoms with Gasteiger partial charge in [-0.3, -0.25) is 9.48 Å². The van der Waals surface area contributed by atoms with Gasteiger partial charge in [-0.2, -0.15) is 10.2 Å². The summed E-state index contributed by atoms with van der Waals surface area (Å²) in [6.07, 6.45) is -2.98. The summed E-state index contributed by atoms with van der Waals surface area (Å²) >= 11 is 5.87. The van der Waals surface area contributed by atoms with Gasteiger partial charge in [0.15, 0.2) is 5.65 Å². The van der Waals surface area contributed by atoms with Crippen molar-refractivity contribution in [1.29, 1.82) is 0 Å². The number of alkyl halides is 4. The van der Waals surface area contributed by atoms with Gasteiger partial charge in [0.1, 0.15) is 12.2 Å². The summed E-state index contributed by atoms with van der Waals surface area (Å²) in [4.78, 5) is 16.3. The number of benzene rings is 1. The van der Waals surface area contributed by atoms with E-state index in [1.165, 1.54) is 13.1 Å². The Morgan fingerprint density at radius 1 is 1.15 bits per heavy atom. The van der Waals surface area contributed by atoms with Crippen LogP contribution < -0.4 is 5.32 Å². The molecule has 4 aromatic rings. The molecule has 3 aromatic heterocycles. The molecule has 1 aromatic carbocycles. The van der Waals surface area contributed by atoms with Crippen LogP contribution in [0.4, 0.5) is 23.2 Å². The van der Waals surface area contributed by atoms with E-state index in [4.69, 9.17) is 11.6 Å². The quantitative estimate of drug-likeness (QED) is 0.371. The number of amides is 1. The molecular formula is C21H17ClF4N6O. The normalized spacial score (nSPS) is 11.6. The van der Waals surface area contributed by atoms with E-state index in [0.29, 0.717) is 23.3 Å². The zero-order chi connectivity index (χ0) is 23.7. The van der Waals surface area contributed by atoms with Gasteiger partial charge in [-0.25, -0.2) is 27.2 Å². The third-order valence-electron chi connectivity index (χ3n) is 4.85. The fraction of sp³-hybridized carbons (Fsp3) is 0.238. The Morgan fingerprint density at radius 2 is 1.88 bits per heavy atom. The van der Waals surface area contributed by atoms with Crippen LogP contribution in [-0.2, 0) is 17.9 Å². The molecule has 0 aliphatic heterocycles. The van der Waals surface area contributed by atoms with Crippen molar-refractivity contribution in [3.05, 3.63) is 70.3 Å². The van der Waals surface area contributed by atoms with Crippen LogP contribution in [0.2, 0.25) is 5.02 Å². The number of anilines is 1. The fourth-order valence-corrected chi connectivity index (χ4v) is 3.56. The minimum atomic E-state index is -3.05. The molecule has 4 rings (SSSR count). The van der Waals surface area contributed by atoms with E-state index in [1.807, 2.05) is 12.1 Å². The summed E-state index contributed by atoms with van der Waals surface area (Å²) in [5, 5.41) is 11.4. The number of aryl methyl sites for hydroxylation is 1. The standard InChI is InChI=1S/C21H17ClF4N6O/c1-11-18-15(19(23)24)6-16(20(25)26)29-21(18)32(30-11)10-17(33)28-14-7-27-31(9-14)8-12-2-4-13(22)5-3-12/h2-7,9,19-20H,8,10H2,1H3,(H,28,33). The molecule has 0 saturated heterocycles. The number of pyridine rings is 1. The van der Waals surface area contributed by atoms with Gasteiger partial charge in [0.2, 0.25) is 5.91 Å². The first kappa shape index (κ1) is 22.7. The maximum Gasteiger partial charge on any atom is 0.280 e. The molecule has 0 atom stereocenters. The SMILES string of the molecule is Cc1nn(CC(=O)Nc2cnn(Cc3ccc(Cl)cc3)c2)c2nc(C(F)F)cc(C(F)F)c12. The highest BCUT2D eigenvalue weighted by molar-refractivity contribution is 6.30. The van der Waals surface area contributed by atoms with Crippen LogP contribution in [0.25, 0.3) is 11.0 Å². The average molecular weight is 481 g/mol. The molecule has 0 aliphatic rings. The van der Waals surface area contributed by atoms with E-state index in [-0.39, 0.29) is 16.7 Å². The van der Waals surface area contributed by atoms with Crippen molar-refractivity contribution in [2.45, 2.75) is 32.9 Å². The molecule has 33 heavy (non-hydrogen) atoms. The van der Waals surface area contributed by atoms with Crippen molar-refractivity contribution in [1.82, 2.24) is 24.5 Å². The average Bonchev–Trinajstić information content (AvgIpc) is 3.32. The van der Waals surface area contributed by atoms with E-state index in [0.717, 1.165) is 10.2 Å². The molecule has 0 saturated carbocycles. The highest BCUT2D eigenvalue weighted by Gasteiger charge is 2.24. The molecule has 12 heteroatoms. The van der Waals surface area contributed by atoms with Crippen molar-refractivity contribution >= 4 is 34.2 Å². The number of rotatable bonds is 7. The largest absolute Gasteiger partial charge is 0.322 e. The van der Waals surface area contributed by atoms with Crippen LogP contribution in [-0.4, -0.2) is 30.5 Å². The van der Waals surface area contributed by atoms with Crippen molar-refractivity contribution in [2.75, 3.05) is 5.32 Å². The third-order valence-corrected chi connectivity index (χ3v) is 5.11. The lowest BCUT2D eigenvalue weighted by Crippen LogP contribution is -2.19. The lowest BCUT2D eigenvalue weighted by atomic mass is 10.1.